The molecule has 1 N–H and O–H groups in total. The van der Waals surface area contributed by atoms with Crippen molar-refractivity contribution in [2.45, 2.75) is 13.1 Å². The number of benzene rings is 1. The second-order valence-corrected chi connectivity index (χ2v) is 6.68. The zero-order chi connectivity index (χ0) is 14.5. The van der Waals surface area contributed by atoms with Crippen LogP contribution < -0.4 is 10.1 Å². The molecule has 1 aromatic carbocycles. The van der Waals surface area contributed by atoms with Gasteiger partial charge in [-0.2, -0.15) is 0 Å². The molecule has 0 aliphatic heterocycles. The summed E-state index contributed by atoms with van der Waals surface area (Å²) in [5.41, 5.74) is 1.15. The molecular formula is C16H16N2OS2. The van der Waals surface area contributed by atoms with E-state index in [9.17, 15) is 0 Å². The third-order valence-electron chi connectivity index (χ3n) is 3.06. The van der Waals surface area contributed by atoms with E-state index in [1.165, 1.54) is 9.75 Å². The number of hydrogen-bond donors (Lipinski definition) is 1. The molecule has 2 aromatic heterocycles. The van der Waals surface area contributed by atoms with Crippen molar-refractivity contribution in [2.75, 3.05) is 7.11 Å². The molecule has 0 fully saturated rings. The van der Waals surface area contributed by atoms with E-state index in [2.05, 4.69) is 33.9 Å². The molecule has 0 spiro atoms. The van der Waals surface area contributed by atoms with Crippen molar-refractivity contribution in [2.24, 2.45) is 0 Å². The first-order valence-electron chi connectivity index (χ1n) is 6.67. The molecule has 2 heterocycles. The van der Waals surface area contributed by atoms with Crippen molar-refractivity contribution in [1.82, 2.24) is 10.3 Å². The summed E-state index contributed by atoms with van der Waals surface area (Å²) in [5.74, 6) is 0.873. The van der Waals surface area contributed by atoms with Crippen molar-refractivity contribution >= 4 is 22.7 Å². The van der Waals surface area contributed by atoms with Crippen LogP contribution in [0.3, 0.4) is 0 Å². The van der Waals surface area contributed by atoms with Crippen molar-refractivity contribution in [3.63, 3.8) is 0 Å². The van der Waals surface area contributed by atoms with Gasteiger partial charge in [0, 0.05) is 24.2 Å². The topological polar surface area (TPSA) is 34.1 Å². The van der Waals surface area contributed by atoms with Gasteiger partial charge in [-0.1, -0.05) is 18.2 Å². The van der Waals surface area contributed by atoms with Crippen LogP contribution in [0.15, 0.2) is 48.0 Å². The van der Waals surface area contributed by atoms with Gasteiger partial charge in [0.25, 0.3) is 0 Å². The molecule has 0 unspecified atom stereocenters. The zero-order valence-corrected chi connectivity index (χ0v) is 13.3. The Hall–Kier alpha value is -1.69. The Bertz CT molecular complexity index is 692. The summed E-state index contributed by atoms with van der Waals surface area (Å²) in [6, 6.07) is 12.3. The van der Waals surface area contributed by atoms with E-state index in [-0.39, 0.29) is 0 Å². The Morgan fingerprint density at radius 2 is 2.14 bits per heavy atom. The highest BCUT2D eigenvalue weighted by Gasteiger charge is 2.05. The SMILES string of the molecule is COc1cccc(-c2cnc(CNCc3cccs3)s2)c1. The highest BCUT2D eigenvalue weighted by Crippen LogP contribution is 2.28. The van der Waals surface area contributed by atoms with Gasteiger partial charge in [0.05, 0.1) is 12.0 Å². The molecule has 3 aromatic rings. The normalized spacial score (nSPS) is 10.7. The van der Waals surface area contributed by atoms with Gasteiger partial charge in [-0.15, -0.1) is 22.7 Å². The van der Waals surface area contributed by atoms with Gasteiger partial charge in [0.1, 0.15) is 10.8 Å². The van der Waals surface area contributed by atoms with Gasteiger partial charge in [-0.25, -0.2) is 4.98 Å². The van der Waals surface area contributed by atoms with Crippen LogP contribution in [0.2, 0.25) is 0 Å². The summed E-state index contributed by atoms with van der Waals surface area (Å²) in [6.45, 7) is 1.69. The molecule has 0 saturated heterocycles. The average Bonchev–Trinajstić information content (AvgIpc) is 3.19. The lowest BCUT2D eigenvalue weighted by atomic mass is 10.2. The fraction of sp³-hybridized carbons (Fsp3) is 0.188. The van der Waals surface area contributed by atoms with Crippen LogP contribution in [0.25, 0.3) is 10.4 Å². The number of nitrogens with one attached hydrogen (secondary N) is 1. The number of nitrogens with zero attached hydrogens (tertiary/aromatic N) is 1. The zero-order valence-electron chi connectivity index (χ0n) is 11.7. The first-order valence-corrected chi connectivity index (χ1v) is 8.37. The molecule has 5 heteroatoms. The number of methoxy groups -OCH3 is 1. The molecular weight excluding hydrogens is 300 g/mol. The minimum Gasteiger partial charge on any atom is -0.497 e. The predicted molar refractivity (Wildman–Crippen MR) is 89.0 cm³/mol. The molecule has 0 amide bonds. The Morgan fingerprint density at radius 1 is 1.19 bits per heavy atom. The number of aromatic nitrogens is 1. The van der Waals surface area contributed by atoms with Crippen LogP contribution >= 0.6 is 22.7 Å². The fourth-order valence-electron chi connectivity index (χ4n) is 2.01. The second kappa shape index (κ2) is 6.85. The van der Waals surface area contributed by atoms with Crippen molar-refractivity contribution < 1.29 is 4.74 Å². The Morgan fingerprint density at radius 3 is 2.95 bits per heavy atom. The minimum absolute atomic E-state index is 0.798. The molecule has 108 valence electrons. The maximum absolute atomic E-state index is 5.26. The van der Waals surface area contributed by atoms with Crippen molar-refractivity contribution in [3.05, 3.63) is 57.9 Å². The molecule has 0 bridgehead atoms. The van der Waals surface area contributed by atoms with Crippen molar-refractivity contribution in [1.29, 1.82) is 0 Å². The van der Waals surface area contributed by atoms with Crippen LogP contribution in [0.5, 0.6) is 5.75 Å². The monoisotopic (exact) mass is 316 g/mol. The third kappa shape index (κ3) is 3.69. The van der Waals surface area contributed by atoms with E-state index in [0.717, 1.165) is 29.4 Å². The number of hydrogen-bond acceptors (Lipinski definition) is 5. The molecule has 0 atom stereocenters. The fourth-order valence-corrected chi connectivity index (χ4v) is 3.57. The van der Waals surface area contributed by atoms with Crippen LogP contribution in [0.1, 0.15) is 9.88 Å². The molecule has 3 nitrogen and oxygen atoms in total. The van der Waals surface area contributed by atoms with Crippen LogP contribution in [0.4, 0.5) is 0 Å². The number of thiophene rings is 1. The lowest BCUT2D eigenvalue weighted by molar-refractivity contribution is 0.415. The number of ether oxygens (including phenoxy) is 1. The summed E-state index contributed by atoms with van der Waals surface area (Å²) in [5, 5.41) is 6.62. The summed E-state index contributed by atoms with van der Waals surface area (Å²) < 4.78 is 5.26. The molecule has 0 aliphatic rings. The second-order valence-electron chi connectivity index (χ2n) is 4.53. The minimum atomic E-state index is 0.798. The van der Waals surface area contributed by atoms with E-state index in [4.69, 9.17) is 4.74 Å². The lowest BCUT2D eigenvalue weighted by Gasteiger charge is -2.01. The Kier molecular flexibility index (Phi) is 4.65. The van der Waals surface area contributed by atoms with Crippen molar-refractivity contribution in [3.8, 4) is 16.2 Å². The van der Waals surface area contributed by atoms with E-state index in [0.29, 0.717) is 0 Å². The first kappa shape index (κ1) is 14.3. The highest BCUT2D eigenvalue weighted by molar-refractivity contribution is 7.15. The summed E-state index contributed by atoms with van der Waals surface area (Å²) >= 11 is 3.49. The first-order chi connectivity index (χ1) is 10.3. The van der Waals surface area contributed by atoms with E-state index < -0.39 is 0 Å². The van der Waals surface area contributed by atoms with Gasteiger partial charge >= 0.3 is 0 Å². The summed E-state index contributed by atoms with van der Waals surface area (Å²) in [7, 11) is 1.69. The van der Waals surface area contributed by atoms with Gasteiger partial charge < -0.3 is 10.1 Å². The number of thiazole rings is 1. The van der Waals surface area contributed by atoms with Crippen LogP contribution in [0, 0.1) is 0 Å². The van der Waals surface area contributed by atoms with Gasteiger partial charge in [0.2, 0.25) is 0 Å². The molecule has 0 aliphatic carbocycles. The van der Waals surface area contributed by atoms with Gasteiger partial charge in [0.15, 0.2) is 0 Å². The lowest BCUT2D eigenvalue weighted by Crippen LogP contribution is -2.11. The van der Waals surface area contributed by atoms with Gasteiger partial charge in [-0.05, 0) is 29.1 Å². The number of rotatable bonds is 6. The average molecular weight is 316 g/mol. The van der Waals surface area contributed by atoms with Crippen LogP contribution in [-0.4, -0.2) is 12.1 Å². The maximum Gasteiger partial charge on any atom is 0.119 e. The summed E-state index contributed by atoms with van der Waals surface area (Å²) in [4.78, 5) is 7.00. The van der Waals surface area contributed by atoms with E-state index in [1.807, 2.05) is 24.4 Å². The quantitative estimate of drug-likeness (QED) is 0.741. The van der Waals surface area contributed by atoms with Crippen LogP contribution in [-0.2, 0) is 13.1 Å². The highest BCUT2D eigenvalue weighted by atomic mass is 32.1. The molecule has 0 radical (unpaired) electrons. The van der Waals surface area contributed by atoms with E-state index in [1.54, 1.807) is 29.8 Å². The maximum atomic E-state index is 5.26. The smallest absolute Gasteiger partial charge is 0.119 e. The Labute approximate surface area is 132 Å². The Balaban J connectivity index is 1.62. The largest absolute Gasteiger partial charge is 0.497 e. The molecule has 21 heavy (non-hydrogen) atoms. The van der Waals surface area contributed by atoms with Gasteiger partial charge in [-0.3, -0.25) is 0 Å². The molecule has 0 saturated carbocycles. The standard InChI is InChI=1S/C16H16N2OS2/c1-19-13-5-2-4-12(8-13)15-10-18-16(21-15)11-17-9-14-6-3-7-20-14/h2-8,10,17H,9,11H2,1H3. The summed E-state index contributed by atoms with van der Waals surface area (Å²) in [6.07, 6.45) is 1.93. The predicted octanol–water partition coefficient (Wildman–Crippen LogP) is 4.17. The third-order valence-corrected chi connectivity index (χ3v) is 4.99. The van der Waals surface area contributed by atoms with E-state index >= 15 is 0 Å². The molecule has 3 rings (SSSR count).